The van der Waals surface area contributed by atoms with Crippen molar-refractivity contribution in [3.63, 3.8) is 0 Å². The average molecular weight is 202 g/mol. The zero-order valence-corrected chi connectivity index (χ0v) is 7.33. The fourth-order valence-electron chi connectivity index (χ4n) is 1.07. The largest absolute Gasteiger partial charge is 0.399 e. The van der Waals surface area contributed by atoms with E-state index in [9.17, 15) is 0 Å². The summed E-state index contributed by atoms with van der Waals surface area (Å²) in [5.41, 5.74) is 5.52. The summed E-state index contributed by atoms with van der Waals surface area (Å²) in [6.45, 7) is -10.4. The lowest BCUT2D eigenvalue weighted by Crippen LogP contribution is -2.34. The number of benzene rings is 1. The molecule has 0 spiro atoms. The Kier molecular flexibility index (Phi) is 0.750. The van der Waals surface area contributed by atoms with Crippen molar-refractivity contribution in [1.29, 1.82) is 0 Å². The van der Waals surface area contributed by atoms with Crippen LogP contribution in [-0.2, 0) is 0 Å². The molecule has 1 aromatic rings. The Morgan fingerprint density at radius 2 is 2.36 bits per heavy atom. The number of hydrogen-bond acceptors (Lipinski definition) is 2. The highest BCUT2D eigenvalue weighted by Crippen LogP contribution is 2.23. The summed E-state index contributed by atoms with van der Waals surface area (Å²) in [4.78, 5) is 0.181. The van der Waals surface area contributed by atoms with Crippen LogP contribution >= 0.6 is 0 Å². The standard InChI is InChI=1S/C12H18N2/c1-10-3-2-8-14(9-10)12-6-4-11(13)5-7-12/h4-7,10H,2-3,8-9,13H2,1H3/i1D3,2D2,3D2,8D2,9D2,10D. The molecule has 1 atom stereocenters. The Morgan fingerprint density at radius 3 is 3.07 bits per heavy atom. The average Bonchev–Trinajstić information content (AvgIpc) is 2.45. The third-order valence-electron chi connectivity index (χ3n) is 1.73. The predicted molar refractivity (Wildman–Crippen MR) is 61.5 cm³/mol. The summed E-state index contributed by atoms with van der Waals surface area (Å²) in [7, 11) is 0. The molecule has 0 radical (unpaired) electrons. The normalized spacial score (nSPS) is 55.6. The van der Waals surface area contributed by atoms with Gasteiger partial charge in [0, 0.05) is 40.8 Å². The molecule has 0 bridgehead atoms. The van der Waals surface area contributed by atoms with Gasteiger partial charge in [-0.2, -0.15) is 0 Å². The van der Waals surface area contributed by atoms with Crippen LogP contribution in [0.3, 0.4) is 0 Å². The molecule has 14 heavy (non-hydrogen) atoms. The second kappa shape index (κ2) is 3.91. The zero-order valence-electron chi connectivity index (χ0n) is 19.3. The minimum absolute atomic E-state index is 0.181. The van der Waals surface area contributed by atoms with Gasteiger partial charge in [0.15, 0.2) is 0 Å². The van der Waals surface area contributed by atoms with E-state index in [2.05, 4.69) is 0 Å². The van der Waals surface area contributed by atoms with Gasteiger partial charge in [0.2, 0.25) is 0 Å². The molecule has 0 amide bonds. The van der Waals surface area contributed by atoms with Crippen LogP contribution in [0.15, 0.2) is 24.3 Å². The monoisotopic (exact) mass is 202 g/mol. The predicted octanol–water partition coefficient (Wildman–Crippen LogP) is 2.51. The molecule has 0 aliphatic carbocycles. The van der Waals surface area contributed by atoms with Gasteiger partial charge in [0.05, 0.1) is 0 Å². The summed E-state index contributed by atoms with van der Waals surface area (Å²) in [6, 6.07) is 4.87. The molecule has 1 aliphatic rings. The molecule has 1 aliphatic heterocycles. The first-order valence-electron chi connectivity index (χ1n) is 10.0. The third-order valence-corrected chi connectivity index (χ3v) is 1.73. The number of nitrogens with two attached hydrogens (primary N) is 1. The first-order valence-corrected chi connectivity index (χ1v) is 4.03. The molecule has 76 valence electrons. The van der Waals surface area contributed by atoms with E-state index in [1.165, 1.54) is 12.1 Å². The van der Waals surface area contributed by atoms with Crippen LogP contribution in [0.5, 0.6) is 0 Å². The first-order chi connectivity index (χ1) is 11.4. The van der Waals surface area contributed by atoms with Gasteiger partial charge in [-0.1, -0.05) is 6.85 Å². The van der Waals surface area contributed by atoms with Crippen LogP contribution in [0.1, 0.15) is 36.0 Å². The Hall–Kier alpha value is -1.18. The van der Waals surface area contributed by atoms with Crippen molar-refractivity contribution in [2.24, 2.45) is 5.89 Å². The quantitative estimate of drug-likeness (QED) is 0.709. The number of nitrogen functional groups attached to an aromatic ring is 1. The maximum absolute atomic E-state index is 8.25. The molecule has 2 heteroatoms. The van der Waals surface area contributed by atoms with E-state index in [-0.39, 0.29) is 16.3 Å². The topological polar surface area (TPSA) is 29.3 Å². The van der Waals surface area contributed by atoms with E-state index >= 15 is 0 Å². The Balaban J connectivity index is 2.90. The maximum Gasteiger partial charge on any atom is 0.0496 e. The fourth-order valence-corrected chi connectivity index (χ4v) is 1.07. The van der Waals surface area contributed by atoms with Gasteiger partial charge in [-0.3, -0.25) is 0 Å². The molecular formula is C12H18N2. The third kappa shape index (κ3) is 2.00. The highest BCUT2D eigenvalue weighted by molar-refractivity contribution is 5.53. The molecule has 1 aromatic carbocycles. The van der Waals surface area contributed by atoms with E-state index in [0.717, 1.165) is 12.1 Å². The number of hydrogen-bond donors (Lipinski definition) is 1. The van der Waals surface area contributed by atoms with Crippen LogP contribution in [0.4, 0.5) is 11.4 Å². The molecule has 1 unspecified atom stereocenters. The van der Waals surface area contributed by atoms with Crippen LogP contribution in [0.2, 0.25) is 0 Å². The Bertz CT molecular complexity index is 695. The SMILES string of the molecule is [2H]C([2H])([2H])C1([2H])C([2H])([2H])N(c2ccc(N)cc2)C([2H])([2H])C([2H])([2H])C1([2H])[2H]. The van der Waals surface area contributed by atoms with Crippen LogP contribution in [0.25, 0.3) is 0 Å². The lowest BCUT2D eigenvalue weighted by molar-refractivity contribution is 0.447. The smallest absolute Gasteiger partial charge is 0.0496 e. The highest BCUT2D eigenvalue weighted by Gasteiger charge is 2.15. The van der Waals surface area contributed by atoms with Crippen LogP contribution in [0, 0.1) is 5.89 Å². The maximum atomic E-state index is 8.25. The van der Waals surface area contributed by atoms with Gasteiger partial charge in [-0.15, -0.1) is 0 Å². The number of rotatable bonds is 1. The summed E-state index contributed by atoms with van der Waals surface area (Å²) < 4.78 is 95.5. The molecule has 0 saturated carbocycles. The molecule has 1 fully saturated rings. The Labute approximate surface area is 103 Å². The number of nitrogens with zero attached hydrogens (tertiary/aromatic N) is 1. The molecular weight excluding hydrogens is 172 g/mol. The molecule has 2 rings (SSSR count). The van der Waals surface area contributed by atoms with Gasteiger partial charge in [-0.25, -0.2) is 0 Å². The molecule has 1 heterocycles. The van der Waals surface area contributed by atoms with Gasteiger partial charge in [0.1, 0.15) is 0 Å². The molecule has 2 N–H and O–H groups in total. The fraction of sp³-hybridized carbons (Fsp3) is 0.500. The Morgan fingerprint density at radius 1 is 1.57 bits per heavy atom. The van der Waals surface area contributed by atoms with Crippen molar-refractivity contribution < 1.29 is 16.4 Å². The second-order valence-electron chi connectivity index (χ2n) is 2.78. The van der Waals surface area contributed by atoms with Crippen LogP contribution in [-0.4, -0.2) is 13.0 Å². The van der Waals surface area contributed by atoms with E-state index in [0.29, 0.717) is 0 Å². The van der Waals surface area contributed by atoms with E-state index in [4.69, 9.17) is 22.2 Å². The minimum atomic E-state index is -3.69. The van der Waals surface area contributed by atoms with Crippen molar-refractivity contribution in [2.45, 2.75) is 19.6 Å². The minimum Gasteiger partial charge on any atom is -0.399 e. The van der Waals surface area contributed by atoms with Crippen molar-refractivity contribution in [1.82, 2.24) is 0 Å². The van der Waals surface area contributed by atoms with Crippen molar-refractivity contribution in [2.75, 3.05) is 23.6 Å². The highest BCUT2D eigenvalue weighted by atomic mass is 15.1. The summed E-state index contributed by atoms with van der Waals surface area (Å²) >= 11 is 0. The van der Waals surface area contributed by atoms with Crippen molar-refractivity contribution in [3.8, 4) is 0 Å². The second-order valence-corrected chi connectivity index (χ2v) is 2.78. The number of anilines is 2. The lowest BCUT2D eigenvalue weighted by Gasteiger charge is -2.32. The zero-order chi connectivity index (χ0) is 20.6. The van der Waals surface area contributed by atoms with Crippen molar-refractivity contribution in [3.05, 3.63) is 24.3 Å². The molecule has 1 saturated heterocycles. The lowest BCUT2D eigenvalue weighted by atomic mass is 10.00. The summed E-state index contributed by atoms with van der Waals surface area (Å²) in [5.74, 6) is -3.64. The number of piperidine rings is 1. The summed E-state index contributed by atoms with van der Waals surface area (Å²) in [5, 5.41) is 0. The molecule has 2 nitrogen and oxygen atoms in total. The molecule has 0 aromatic heterocycles. The van der Waals surface area contributed by atoms with Crippen molar-refractivity contribution >= 4 is 11.4 Å². The van der Waals surface area contributed by atoms with E-state index in [1.54, 1.807) is 0 Å². The van der Waals surface area contributed by atoms with Gasteiger partial charge >= 0.3 is 0 Å². The van der Waals surface area contributed by atoms with Crippen LogP contribution < -0.4 is 10.6 Å². The first kappa shape index (κ1) is 2.69. The van der Waals surface area contributed by atoms with E-state index in [1.807, 2.05) is 0 Å². The summed E-state index contributed by atoms with van der Waals surface area (Å²) in [6.07, 6.45) is -7.23. The van der Waals surface area contributed by atoms with E-state index < -0.39 is 38.5 Å². The van der Waals surface area contributed by atoms with Gasteiger partial charge in [0.25, 0.3) is 0 Å². The van der Waals surface area contributed by atoms with Gasteiger partial charge < -0.3 is 10.6 Å². The van der Waals surface area contributed by atoms with Gasteiger partial charge in [-0.05, 0) is 42.9 Å².